The maximum Gasteiger partial charge on any atom is 0.262 e. The van der Waals surface area contributed by atoms with Gasteiger partial charge in [0.2, 0.25) is 0 Å². The van der Waals surface area contributed by atoms with Gasteiger partial charge in [0.1, 0.15) is 5.82 Å². The Kier molecular flexibility index (Phi) is 4.77. The van der Waals surface area contributed by atoms with Crippen LogP contribution in [0.3, 0.4) is 0 Å². The van der Waals surface area contributed by atoms with Crippen molar-refractivity contribution in [3.05, 3.63) is 34.2 Å². The van der Waals surface area contributed by atoms with E-state index in [1.54, 1.807) is 0 Å². The molecule has 0 radical (unpaired) electrons. The zero-order valence-electron chi connectivity index (χ0n) is 11.2. The van der Waals surface area contributed by atoms with E-state index in [-0.39, 0.29) is 23.0 Å². The molecule has 1 fully saturated rings. The fourth-order valence-electron chi connectivity index (χ4n) is 1.79. The minimum absolute atomic E-state index is 0.0398. The van der Waals surface area contributed by atoms with Crippen LogP contribution < -0.4 is 14.9 Å². The average molecular weight is 266 g/mol. The zero-order chi connectivity index (χ0) is 13.7. The molecule has 19 heavy (non-hydrogen) atoms. The van der Waals surface area contributed by atoms with Crippen molar-refractivity contribution in [2.45, 2.75) is 45.1 Å². The molecule has 0 spiro atoms. The number of ether oxygens (including phenoxy) is 2. The summed E-state index contributed by atoms with van der Waals surface area (Å²) in [7, 11) is 0. The number of rotatable bonds is 6. The summed E-state index contributed by atoms with van der Waals surface area (Å²) in [6.07, 6.45) is 4.82. The van der Waals surface area contributed by atoms with E-state index in [2.05, 4.69) is 0 Å². The Morgan fingerprint density at radius 2 is 2.11 bits per heavy atom. The molecule has 0 aliphatic heterocycles. The molecule has 0 saturated heterocycles. The summed E-state index contributed by atoms with van der Waals surface area (Å²) in [5, 5.41) is 0. The summed E-state index contributed by atoms with van der Waals surface area (Å²) in [5.74, 6) is -0.276. The predicted octanol–water partition coefficient (Wildman–Crippen LogP) is 3.30. The highest BCUT2D eigenvalue weighted by atomic mass is 19.1. The van der Waals surface area contributed by atoms with Gasteiger partial charge in [-0.25, -0.2) is 4.39 Å². The number of hydrogen-bond acceptors (Lipinski definition) is 3. The van der Waals surface area contributed by atoms with Crippen molar-refractivity contribution < 1.29 is 13.9 Å². The van der Waals surface area contributed by atoms with E-state index in [0.717, 1.165) is 38.2 Å². The van der Waals surface area contributed by atoms with Gasteiger partial charge in [-0.3, -0.25) is 4.79 Å². The van der Waals surface area contributed by atoms with Gasteiger partial charge < -0.3 is 9.47 Å². The Morgan fingerprint density at radius 1 is 1.32 bits per heavy atom. The molecule has 104 valence electrons. The first-order valence-corrected chi connectivity index (χ1v) is 6.84. The molecule has 0 bridgehead atoms. The Balaban J connectivity index is 2.20. The van der Waals surface area contributed by atoms with Crippen molar-refractivity contribution in [2.24, 2.45) is 0 Å². The first kappa shape index (κ1) is 13.8. The van der Waals surface area contributed by atoms with E-state index in [1.807, 2.05) is 6.92 Å². The van der Waals surface area contributed by atoms with Crippen LogP contribution in [0.4, 0.5) is 4.39 Å². The van der Waals surface area contributed by atoms with Gasteiger partial charge in [0.05, 0.1) is 12.7 Å². The normalized spacial score (nSPS) is 14.8. The minimum atomic E-state index is -0.489. The van der Waals surface area contributed by atoms with Gasteiger partial charge in [-0.1, -0.05) is 13.3 Å². The Hall–Kier alpha value is -1.58. The van der Waals surface area contributed by atoms with E-state index in [0.29, 0.717) is 6.61 Å². The summed E-state index contributed by atoms with van der Waals surface area (Å²) < 4.78 is 24.4. The quantitative estimate of drug-likeness (QED) is 0.741. The summed E-state index contributed by atoms with van der Waals surface area (Å²) in [5.41, 5.74) is -0.369. The van der Waals surface area contributed by atoms with Crippen molar-refractivity contribution in [3.63, 3.8) is 0 Å². The van der Waals surface area contributed by atoms with Crippen LogP contribution >= 0.6 is 0 Å². The molecule has 1 aromatic carbocycles. The lowest BCUT2D eigenvalue weighted by Crippen LogP contribution is -2.26. The highest BCUT2D eigenvalue weighted by molar-refractivity contribution is 5.32. The minimum Gasteiger partial charge on any atom is -0.489 e. The third-order valence-corrected chi connectivity index (χ3v) is 3.21. The predicted molar refractivity (Wildman–Crippen MR) is 71.3 cm³/mol. The number of halogens is 1. The van der Waals surface area contributed by atoms with Crippen molar-refractivity contribution in [3.8, 4) is 11.5 Å². The molecule has 1 aliphatic carbocycles. The van der Waals surface area contributed by atoms with E-state index in [9.17, 15) is 9.18 Å². The van der Waals surface area contributed by atoms with Crippen LogP contribution in [0.5, 0.6) is 11.5 Å². The van der Waals surface area contributed by atoms with Crippen LogP contribution in [0.15, 0.2) is 23.0 Å². The van der Waals surface area contributed by atoms with E-state index in [4.69, 9.17) is 9.47 Å². The third kappa shape index (κ3) is 3.69. The lowest BCUT2D eigenvalue weighted by atomic mass is 9.96. The van der Waals surface area contributed by atoms with Crippen LogP contribution in [-0.4, -0.2) is 12.7 Å². The molecule has 1 saturated carbocycles. The standard InChI is InChI=1S/C15H19FO3/c1-2-3-9-18-13-8-7-11(16)10-14(15(13)17)19-12-5-4-6-12/h7-8,10,12H,2-6,9H2,1H3. The SMILES string of the molecule is CCCCOc1ccc(F)cc(OC2CCC2)c1=O. The molecular formula is C15H19FO3. The second-order valence-corrected chi connectivity index (χ2v) is 4.79. The van der Waals surface area contributed by atoms with Crippen LogP contribution in [0.2, 0.25) is 0 Å². The molecule has 4 heteroatoms. The van der Waals surface area contributed by atoms with Gasteiger partial charge in [0.15, 0.2) is 11.5 Å². The fourth-order valence-corrected chi connectivity index (χ4v) is 1.79. The molecular weight excluding hydrogens is 247 g/mol. The molecule has 0 amide bonds. The molecule has 0 unspecified atom stereocenters. The van der Waals surface area contributed by atoms with E-state index in [1.165, 1.54) is 12.1 Å². The highest BCUT2D eigenvalue weighted by Crippen LogP contribution is 2.24. The van der Waals surface area contributed by atoms with Crippen LogP contribution in [0.1, 0.15) is 39.0 Å². The summed E-state index contributed by atoms with van der Waals surface area (Å²) >= 11 is 0. The second kappa shape index (κ2) is 6.55. The van der Waals surface area contributed by atoms with Crippen LogP contribution in [0, 0.1) is 5.82 Å². The molecule has 3 nitrogen and oxygen atoms in total. The second-order valence-electron chi connectivity index (χ2n) is 4.79. The van der Waals surface area contributed by atoms with E-state index >= 15 is 0 Å². The molecule has 1 aromatic rings. The molecule has 0 N–H and O–H groups in total. The number of unbranched alkanes of at least 4 members (excludes halogenated alkanes) is 1. The largest absolute Gasteiger partial charge is 0.489 e. The topological polar surface area (TPSA) is 35.5 Å². The van der Waals surface area contributed by atoms with Gasteiger partial charge >= 0.3 is 0 Å². The summed E-state index contributed by atoms with van der Waals surface area (Å²) in [4.78, 5) is 12.2. The lowest BCUT2D eigenvalue weighted by Gasteiger charge is -2.25. The summed E-state index contributed by atoms with van der Waals surface area (Å²) in [6.45, 7) is 2.50. The monoisotopic (exact) mass is 266 g/mol. The van der Waals surface area contributed by atoms with Gasteiger partial charge in [-0.2, -0.15) is 0 Å². The maximum atomic E-state index is 13.5. The first-order chi connectivity index (χ1) is 9.20. The third-order valence-electron chi connectivity index (χ3n) is 3.21. The Bertz CT molecular complexity index is 483. The van der Waals surface area contributed by atoms with Gasteiger partial charge in [-0.15, -0.1) is 0 Å². The first-order valence-electron chi connectivity index (χ1n) is 6.84. The van der Waals surface area contributed by atoms with Crippen molar-refractivity contribution >= 4 is 0 Å². The smallest absolute Gasteiger partial charge is 0.262 e. The van der Waals surface area contributed by atoms with Gasteiger partial charge in [0.25, 0.3) is 5.43 Å². The van der Waals surface area contributed by atoms with Crippen molar-refractivity contribution in [1.82, 2.24) is 0 Å². The van der Waals surface area contributed by atoms with Crippen molar-refractivity contribution in [1.29, 1.82) is 0 Å². The molecule has 0 heterocycles. The number of hydrogen-bond donors (Lipinski definition) is 0. The zero-order valence-corrected chi connectivity index (χ0v) is 11.2. The van der Waals surface area contributed by atoms with Crippen LogP contribution in [0.25, 0.3) is 0 Å². The van der Waals surface area contributed by atoms with Gasteiger partial charge in [-0.05, 0) is 37.8 Å². The maximum absolute atomic E-state index is 13.5. The highest BCUT2D eigenvalue weighted by Gasteiger charge is 2.21. The average Bonchev–Trinajstić information content (AvgIpc) is 2.47. The Morgan fingerprint density at radius 3 is 2.74 bits per heavy atom. The van der Waals surface area contributed by atoms with E-state index < -0.39 is 5.82 Å². The fraction of sp³-hybridized carbons (Fsp3) is 0.533. The van der Waals surface area contributed by atoms with Crippen molar-refractivity contribution in [2.75, 3.05) is 6.61 Å². The molecule has 0 aromatic heterocycles. The van der Waals surface area contributed by atoms with Gasteiger partial charge in [0, 0.05) is 6.07 Å². The summed E-state index contributed by atoms with van der Waals surface area (Å²) in [6, 6.07) is 3.75. The molecule has 2 rings (SSSR count). The molecule has 1 aliphatic rings. The Labute approximate surface area is 112 Å². The molecule has 0 atom stereocenters. The van der Waals surface area contributed by atoms with Crippen LogP contribution in [-0.2, 0) is 0 Å². The lowest BCUT2D eigenvalue weighted by molar-refractivity contribution is 0.118.